The number of fused-ring (bicyclic) bond motifs is 4. The molecule has 5 rings (SSSR count). The molecule has 2 aliphatic rings. The van der Waals surface area contributed by atoms with Gasteiger partial charge in [-0.2, -0.15) is 4.58 Å². The lowest BCUT2D eigenvalue weighted by Gasteiger charge is -2.32. The van der Waals surface area contributed by atoms with Gasteiger partial charge in [-0.15, -0.1) is 0 Å². The summed E-state index contributed by atoms with van der Waals surface area (Å²) in [5, 5.41) is 0. The van der Waals surface area contributed by atoms with Crippen molar-refractivity contribution in [3.63, 3.8) is 0 Å². The van der Waals surface area contributed by atoms with Crippen molar-refractivity contribution in [2.24, 2.45) is 0 Å². The highest BCUT2D eigenvalue weighted by molar-refractivity contribution is 6.00. The number of rotatable bonds is 1. The standard InChI is InChI=1S/C22H24N3/c1-16-10-4-6-12-19(16)24-17(2)22(14-8-3-9-15-22)25-20-13-7-5-11-18(20)23-21(24)25/h4-7,10-13H,3,8-9,14-15H2,1-2H3/q+1. The lowest BCUT2D eigenvalue weighted by Crippen LogP contribution is -2.40. The van der Waals surface area contributed by atoms with Gasteiger partial charge in [0.05, 0.1) is 5.71 Å². The molecule has 0 saturated heterocycles. The molecule has 126 valence electrons. The zero-order chi connectivity index (χ0) is 17.0. The molecule has 25 heavy (non-hydrogen) atoms. The minimum Gasteiger partial charge on any atom is -0.212 e. The minimum absolute atomic E-state index is 0.0893. The van der Waals surface area contributed by atoms with Crippen LogP contribution in [0, 0.1) is 6.92 Å². The van der Waals surface area contributed by atoms with E-state index < -0.39 is 0 Å². The molecule has 3 nitrogen and oxygen atoms in total. The van der Waals surface area contributed by atoms with E-state index in [9.17, 15) is 0 Å². The van der Waals surface area contributed by atoms with Crippen LogP contribution in [0.5, 0.6) is 0 Å². The van der Waals surface area contributed by atoms with Crippen molar-refractivity contribution in [3.05, 3.63) is 54.1 Å². The van der Waals surface area contributed by atoms with E-state index in [4.69, 9.17) is 4.98 Å². The predicted molar refractivity (Wildman–Crippen MR) is 104 cm³/mol. The van der Waals surface area contributed by atoms with Gasteiger partial charge in [-0.25, -0.2) is 4.57 Å². The summed E-state index contributed by atoms with van der Waals surface area (Å²) in [6, 6.07) is 17.3. The molecule has 1 spiro atoms. The SMILES string of the molecule is CC1=[N+](c2ccccc2C)c2nc3ccccc3n2C12CCCCC2. The minimum atomic E-state index is 0.0893. The molecule has 1 aliphatic carbocycles. The van der Waals surface area contributed by atoms with Crippen molar-refractivity contribution in [2.45, 2.75) is 51.5 Å². The number of aromatic nitrogens is 2. The average molecular weight is 330 g/mol. The second-order valence-electron chi connectivity index (χ2n) is 7.54. The Bertz CT molecular complexity index is 1000. The lowest BCUT2D eigenvalue weighted by molar-refractivity contribution is 0.298. The quantitative estimate of drug-likeness (QED) is 0.554. The number of aryl methyl sites for hydroxylation is 1. The Morgan fingerprint density at radius 1 is 0.920 bits per heavy atom. The molecule has 3 heteroatoms. The summed E-state index contributed by atoms with van der Waals surface area (Å²) < 4.78 is 4.96. The molecule has 1 aliphatic heterocycles. The molecule has 0 atom stereocenters. The first-order chi connectivity index (χ1) is 12.2. The topological polar surface area (TPSA) is 20.8 Å². The summed E-state index contributed by atoms with van der Waals surface area (Å²) in [6.07, 6.45) is 6.38. The van der Waals surface area contributed by atoms with Crippen LogP contribution in [0.1, 0.15) is 44.6 Å². The molecular formula is C22H24N3+. The van der Waals surface area contributed by atoms with Crippen LogP contribution in [-0.2, 0) is 5.54 Å². The number of nitrogens with zero attached hydrogens (tertiary/aromatic N) is 3. The molecule has 3 aromatic rings. The third-order valence-corrected chi connectivity index (χ3v) is 6.22. The van der Waals surface area contributed by atoms with Gasteiger partial charge in [0.15, 0.2) is 5.52 Å². The first-order valence-electron chi connectivity index (χ1n) is 9.40. The van der Waals surface area contributed by atoms with E-state index in [0.29, 0.717) is 0 Å². The summed E-state index contributed by atoms with van der Waals surface area (Å²) >= 11 is 0. The fourth-order valence-electron chi connectivity index (χ4n) is 4.93. The smallest absolute Gasteiger partial charge is 0.212 e. The third-order valence-electron chi connectivity index (χ3n) is 6.22. The monoisotopic (exact) mass is 330 g/mol. The van der Waals surface area contributed by atoms with Crippen LogP contribution in [-0.4, -0.2) is 15.3 Å². The molecule has 2 aromatic carbocycles. The third kappa shape index (κ3) is 1.92. The number of imidazole rings is 1. The zero-order valence-electron chi connectivity index (χ0n) is 15.0. The Kier molecular flexibility index (Phi) is 3.15. The van der Waals surface area contributed by atoms with Crippen molar-refractivity contribution < 1.29 is 0 Å². The molecule has 0 N–H and O–H groups in total. The fourth-order valence-corrected chi connectivity index (χ4v) is 4.93. The predicted octanol–water partition coefficient (Wildman–Crippen LogP) is 5.31. The number of para-hydroxylation sites is 3. The molecule has 2 heterocycles. The highest BCUT2D eigenvalue weighted by atomic mass is 15.3. The second kappa shape index (κ2) is 5.29. The molecule has 1 aromatic heterocycles. The zero-order valence-corrected chi connectivity index (χ0v) is 15.0. The van der Waals surface area contributed by atoms with Gasteiger partial charge in [-0.3, -0.25) is 0 Å². The first kappa shape index (κ1) is 14.9. The Hall–Kier alpha value is -2.42. The largest absolute Gasteiger partial charge is 0.405 e. The van der Waals surface area contributed by atoms with Gasteiger partial charge in [-0.05, 0) is 63.3 Å². The summed E-state index contributed by atoms with van der Waals surface area (Å²) in [4.78, 5) is 5.06. The van der Waals surface area contributed by atoms with Crippen LogP contribution in [0.4, 0.5) is 11.6 Å². The maximum Gasteiger partial charge on any atom is 0.405 e. The lowest BCUT2D eigenvalue weighted by atomic mass is 9.78. The van der Waals surface area contributed by atoms with E-state index in [2.05, 4.69) is 71.5 Å². The van der Waals surface area contributed by atoms with Crippen LogP contribution in [0.25, 0.3) is 11.0 Å². The van der Waals surface area contributed by atoms with Gasteiger partial charge in [0.1, 0.15) is 16.7 Å². The number of benzene rings is 2. The van der Waals surface area contributed by atoms with E-state index in [1.807, 2.05) is 0 Å². The van der Waals surface area contributed by atoms with Crippen LogP contribution in [0.2, 0.25) is 0 Å². The van der Waals surface area contributed by atoms with Crippen molar-refractivity contribution in [1.82, 2.24) is 14.1 Å². The molecule has 1 fully saturated rings. The van der Waals surface area contributed by atoms with E-state index in [1.54, 1.807) is 0 Å². The van der Waals surface area contributed by atoms with Crippen LogP contribution in [0.3, 0.4) is 0 Å². The van der Waals surface area contributed by atoms with E-state index >= 15 is 0 Å². The van der Waals surface area contributed by atoms with E-state index in [-0.39, 0.29) is 5.54 Å². The van der Waals surface area contributed by atoms with Crippen molar-refractivity contribution >= 4 is 28.4 Å². The molecule has 0 bridgehead atoms. The van der Waals surface area contributed by atoms with Crippen LogP contribution in [0.15, 0.2) is 48.5 Å². The van der Waals surface area contributed by atoms with Crippen LogP contribution < -0.4 is 4.58 Å². The number of hydrogen-bond acceptors (Lipinski definition) is 1. The van der Waals surface area contributed by atoms with E-state index in [1.165, 1.54) is 54.6 Å². The first-order valence-corrected chi connectivity index (χ1v) is 9.40. The fraction of sp³-hybridized carbons (Fsp3) is 0.364. The van der Waals surface area contributed by atoms with Crippen LogP contribution >= 0.6 is 0 Å². The maximum atomic E-state index is 5.06. The van der Waals surface area contributed by atoms with Crippen molar-refractivity contribution in [2.75, 3.05) is 0 Å². The normalized spacial score (nSPS) is 19.0. The summed E-state index contributed by atoms with van der Waals surface area (Å²) in [5.74, 6) is 1.09. The van der Waals surface area contributed by atoms with Gasteiger partial charge in [0, 0.05) is 0 Å². The molecule has 0 amide bonds. The van der Waals surface area contributed by atoms with Gasteiger partial charge < -0.3 is 0 Å². The van der Waals surface area contributed by atoms with Gasteiger partial charge in [-0.1, -0.05) is 41.7 Å². The van der Waals surface area contributed by atoms with Crippen molar-refractivity contribution in [3.8, 4) is 0 Å². The Labute approximate surface area is 148 Å². The van der Waals surface area contributed by atoms with Gasteiger partial charge in [0.2, 0.25) is 0 Å². The van der Waals surface area contributed by atoms with E-state index in [0.717, 1.165) is 11.5 Å². The highest BCUT2D eigenvalue weighted by Crippen LogP contribution is 2.46. The van der Waals surface area contributed by atoms with Crippen molar-refractivity contribution in [1.29, 1.82) is 0 Å². The summed E-state index contributed by atoms with van der Waals surface area (Å²) in [5.41, 5.74) is 6.47. The summed E-state index contributed by atoms with van der Waals surface area (Å²) in [6.45, 7) is 4.52. The highest BCUT2D eigenvalue weighted by Gasteiger charge is 2.52. The summed E-state index contributed by atoms with van der Waals surface area (Å²) in [7, 11) is 0. The maximum absolute atomic E-state index is 5.06. The Morgan fingerprint density at radius 2 is 1.64 bits per heavy atom. The molecule has 0 radical (unpaired) electrons. The molecular weight excluding hydrogens is 306 g/mol. The molecule has 1 saturated carbocycles. The Balaban J connectivity index is 1.87. The second-order valence-corrected chi connectivity index (χ2v) is 7.54. The average Bonchev–Trinajstić information content (AvgIpc) is 3.12. The molecule has 0 unspecified atom stereocenters. The van der Waals surface area contributed by atoms with Gasteiger partial charge >= 0.3 is 5.95 Å². The number of hydrogen-bond donors (Lipinski definition) is 0. The Morgan fingerprint density at radius 3 is 2.44 bits per heavy atom. The van der Waals surface area contributed by atoms with Gasteiger partial charge in [0.25, 0.3) is 0 Å².